The van der Waals surface area contributed by atoms with Crippen LogP contribution >= 0.6 is 0 Å². The Morgan fingerprint density at radius 3 is 2.09 bits per heavy atom. The van der Waals surface area contributed by atoms with Gasteiger partial charge in [-0.25, -0.2) is 0 Å². The van der Waals surface area contributed by atoms with Crippen LogP contribution in [0.2, 0.25) is 0 Å². The van der Waals surface area contributed by atoms with E-state index in [1.807, 2.05) is 0 Å². The molecule has 5 heteroatoms. The molecule has 0 aromatic heterocycles. The van der Waals surface area contributed by atoms with Crippen molar-refractivity contribution in [2.45, 2.75) is 65.2 Å². The number of hydrogen-bond acceptors (Lipinski definition) is 5. The minimum Gasteiger partial charge on any atom is -0.465 e. The van der Waals surface area contributed by atoms with Crippen molar-refractivity contribution in [3.8, 4) is 0 Å². The van der Waals surface area contributed by atoms with Crippen molar-refractivity contribution in [3.05, 3.63) is 0 Å². The molecule has 1 atom stereocenters. The molecule has 0 aromatic rings. The summed E-state index contributed by atoms with van der Waals surface area (Å²) in [7, 11) is 0. The van der Waals surface area contributed by atoms with Gasteiger partial charge in [0, 0.05) is 0 Å². The van der Waals surface area contributed by atoms with Crippen molar-refractivity contribution >= 4 is 11.9 Å². The van der Waals surface area contributed by atoms with E-state index in [1.54, 1.807) is 0 Å². The lowest BCUT2D eigenvalue weighted by atomic mass is 9.82. The lowest BCUT2D eigenvalue weighted by Gasteiger charge is -2.26. The Labute approximate surface area is 139 Å². The molecule has 134 valence electrons. The maximum atomic E-state index is 12.2. The van der Waals surface area contributed by atoms with Gasteiger partial charge in [-0.2, -0.15) is 0 Å². The van der Waals surface area contributed by atoms with E-state index in [2.05, 4.69) is 13.8 Å². The summed E-state index contributed by atoms with van der Waals surface area (Å²) in [5, 5.41) is 8.67. The van der Waals surface area contributed by atoms with E-state index in [1.165, 1.54) is 12.8 Å². The fourth-order valence-electron chi connectivity index (χ4n) is 3.04. The van der Waals surface area contributed by atoms with Gasteiger partial charge in [-0.1, -0.05) is 33.1 Å². The zero-order chi connectivity index (χ0) is 17.1. The second-order valence-corrected chi connectivity index (χ2v) is 6.49. The van der Waals surface area contributed by atoms with Gasteiger partial charge in [0.25, 0.3) is 0 Å². The first kappa shape index (κ1) is 19.9. The first-order valence-electron chi connectivity index (χ1n) is 9.06. The molecular formula is C18H32O5. The third-order valence-corrected chi connectivity index (χ3v) is 4.73. The predicted octanol–water partition coefficient (Wildman–Crippen LogP) is 3.09. The quantitative estimate of drug-likeness (QED) is 0.624. The Balaban J connectivity index is 2.27. The Morgan fingerprint density at radius 1 is 1.04 bits per heavy atom. The Bertz CT molecular complexity index is 347. The molecule has 0 heterocycles. The Kier molecular flexibility index (Phi) is 9.92. The van der Waals surface area contributed by atoms with Crippen molar-refractivity contribution in [2.75, 3.05) is 19.8 Å². The number of esters is 2. The van der Waals surface area contributed by atoms with Crippen LogP contribution in [-0.4, -0.2) is 36.9 Å². The van der Waals surface area contributed by atoms with E-state index >= 15 is 0 Å². The smallest absolute Gasteiger partial charge is 0.309 e. The maximum absolute atomic E-state index is 12.2. The summed E-state index contributed by atoms with van der Waals surface area (Å²) in [6.45, 7) is 4.73. The molecule has 1 unspecified atom stereocenters. The van der Waals surface area contributed by atoms with Gasteiger partial charge in [-0.05, 0) is 38.0 Å². The van der Waals surface area contributed by atoms with E-state index in [0.717, 1.165) is 12.8 Å². The maximum Gasteiger partial charge on any atom is 0.309 e. The fourth-order valence-corrected chi connectivity index (χ4v) is 3.04. The van der Waals surface area contributed by atoms with Crippen LogP contribution in [0.1, 0.15) is 65.2 Å². The number of aliphatic hydroxyl groups excluding tert-OH is 1. The number of hydrogen-bond donors (Lipinski definition) is 1. The van der Waals surface area contributed by atoms with Gasteiger partial charge < -0.3 is 14.6 Å². The fraction of sp³-hybridized carbons (Fsp3) is 0.889. The first-order valence-corrected chi connectivity index (χ1v) is 9.06. The molecule has 1 rings (SSSR count). The van der Waals surface area contributed by atoms with E-state index in [-0.39, 0.29) is 37.0 Å². The van der Waals surface area contributed by atoms with Gasteiger partial charge in [0.1, 0.15) is 6.61 Å². The zero-order valence-corrected chi connectivity index (χ0v) is 14.6. The van der Waals surface area contributed by atoms with Crippen molar-refractivity contribution in [1.82, 2.24) is 0 Å². The second kappa shape index (κ2) is 11.4. The number of carbonyl (C=O) groups excluding carboxylic acids is 2. The van der Waals surface area contributed by atoms with Crippen molar-refractivity contribution in [1.29, 1.82) is 0 Å². The van der Waals surface area contributed by atoms with Crippen molar-refractivity contribution in [2.24, 2.45) is 17.8 Å². The van der Waals surface area contributed by atoms with E-state index in [4.69, 9.17) is 14.6 Å². The summed E-state index contributed by atoms with van der Waals surface area (Å²) in [6.07, 6.45) is 7.19. The van der Waals surface area contributed by atoms with Crippen LogP contribution in [0.3, 0.4) is 0 Å². The molecular weight excluding hydrogens is 296 g/mol. The lowest BCUT2D eigenvalue weighted by Crippen LogP contribution is -2.29. The van der Waals surface area contributed by atoms with Crippen LogP contribution in [0.5, 0.6) is 0 Å². The normalized spacial score (nSPS) is 22.4. The summed E-state index contributed by atoms with van der Waals surface area (Å²) < 4.78 is 10.5. The summed E-state index contributed by atoms with van der Waals surface area (Å²) in [4.78, 5) is 23.9. The van der Waals surface area contributed by atoms with E-state index in [0.29, 0.717) is 38.2 Å². The predicted molar refractivity (Wildman–Crippen MR) is 87.8 cm³/mol. The van der Waals surface area contributed by atoms with Gasteiger partial charge >= 0.3 is 11.9 Å². The molecule has 0 saturated heterocycles. The van der Waals surface area contributed by atoms with Gasteiger partial charge in [0.2, 0.25) is 0 Å². The summed E-state index contributed by atoms with van der Waals surface area (Å²) in [6, 6.07) is 0. The molecule has 1 fully saturated rings. The summed E-state index contributed by atoms with van der Waals surface area (Å²) >= 11 is 0. The average molecular weight is 328 g/mol. The second-order valence-electron chi connectivity index (χ2n) is 6.49. The molecule has 1 aliphatic carbocycles. The SMILES string of the molecule is CCCCC(CC)COC(=O)C1CCC(C(=O)OCCO)CC1. The van der Waals surface area contributed by atoms with E-state index in [9.17, 15) is 9.59 Å². The van der Waals surface area contributed by atoms with E-state index < -0.39 is 0 Å². The minimum atomic E-state index is -0.253. The highest BCUT2D eigenvalue weighted by Crippen LogP contribution is 2.30. The van der Waals surface area contributed by atoms with Crippen molar-refractivity contribution in [3.63, 3.8) is 0 Å². The summed E-state index contributed by atoms with van der Waals surface area (Å²) in [5.74, 6) is -0.124. The molecule has 1 saturated carbocycles. The number of unbranched alkanes of at least 4 members (excludes halogenated alkanes) is 1. The third kappa shape index (κ3) is 7.34. The number of rotatable bonds is 10. The highest BCUT2D eigenvalue weighted by atomic mass is 16.5. The molecule has 0 aromatic carbocycles. The third-order valence-electron chi connectivity index (χ3n) is 4.73. The topological polar surface area (TPSA) is 72.8 Å². The molecule has 5 nitrogen and oxygen atoms in total. The molecule has 0 aliphatic heterocycles. The minimum absolute atomic E-state index is 0.0525. The molecule has 1 N–H and O–H groups in total. The van der Waals surface area contributed by atoms with Crippen LogP contribution in [0.25, 0.3) is 0 Å². The lowest BCUT2D eigenvalue weighted by molar-refractivity contribution is -0.156. The molecule has 23 heavy (non-hydrogen) atoms. The van der Waals surface area contributed by atoms with Crippen LogP contribution < -0.4 is 0 Å². The standard InChI is InChI=1S/C18H32O5/c1-3-5-6-14(4-2)13-23-18(21)16-9-7-15(8-10-16)17(20)22-12-11-19/h14-16,19H,3-13H2,1-2H3. The number of aliphatic hydroxyl groups is 1. The Hall–Kier alpha value is -1.10. The number of ether oxygens (including phenoxy) is 2. The zero-order valence-electron chi connectivity index (χ0n) is 14.6. The molecule has 0 radical (unpaired) electrons. The first-order chi connectivity index (χ1) is 11.1. The van der Waals surface area contributed by atoms with Gasteiger partial charge in [0.05, 0.1) is 25.0 Å². The van der Waals surface area contributed by atoms with Crippen LogP contribution in [0.4, 0.5) is 0 Å². The molecule has 1 aliphatic rings. The summed E-state index contributed by atoms with van der Waals surface area (Å²) in [5.41, 5.74) is 0. The van der Waals surface area contributed by atoms with Crippen LogP contribution in [0, 0.1) is 17.8 Å². The number of carbonyl (C=O) groups is 2. The highest BCUT2D eigenvalue weighted by Gasteiger charge is 2.31. The van der Waals surface area contributed by atoms with Crippen LogP contribution in [0.15, 0.2) is 0 Å². The average Bonchev–Trinajstić information content (AvgIpc) is 2.59. The van der Waals surface area contributed by atoms with Gasteiger partial charge in [0.15, 0.2) is 0 Å². The molecule has 0 bridgehead atoms. The van der Waals surface area contributed by atoms with Crippen molar-refractivity contribution < 1.29 is 24.2 Å². The van der Waals surface area contributed by atoms with Gasteiger partial charge in [-0.15, -0.1) is 0 Å². The largest absolute Gasteiger partial charge is 0.465 e. The van der Waals surface area contributed by atoms with Gasteiger partial charge in [-0.3, -0.25) is 9.59 Å². The van der Waals surface area contributed by atoms with Crippen LogP contribution in [-0.2, 0) is 19.1 Å². The molecule has 0 spiro atoms. The Morgan fingerprint density at radius 2 is 1.61 bits per heavy atom. The highest BCUT2D eigenvalue weighted by molar-refractivity contribution is 5.75. The molecule has 0 amide bonds. The monoisotopic (exact) mass is 328 g/mol.